The monoisotopic (exact) mass is 236 g/mol. The van der Waals surface area contributed by atoms with Crippen LogP contribution in [-0.4, -0.2) is 0 Å². The van der Waals surface area contributed by atoms with Gasteiger partial charge in [0.2, 0.25) is 0 Å². The van der Waals surface area contributed by atoms with Crippen LogP contribution in [-0.2, 0) is 0 Å². The minimum atomic E-state index is 1.33. The predicted molar refractivity (Wildman–Crippen MR) is 84.4 cm³/mol. The highest BCUT2D eigenvalue weighted by molar-refractivity contribution is 5.65. The van der Waals surface area contributed by atoms with E-state index >= 15 is 0 Å². The lowest BCUT2D eigenvalue weighted by atomic mass is 10.0. The molecule has 0 fully saturated rings. The first-order valence-corrected chi connectivity index (χ1v) is 6.91. The molecule has 0 unspecified atom stereocenters. The van der Waals surface area contributed by atoms with E-state index < -0.39 is 0 Å². The van der Waals surface area contributed by atoms with Gasteiger partial charge < -0.3 is 0 Å². The van der Waals surface area contributed by atoms with Gasteiger partial charge in [-0.3, -0.25) is 0 Å². The first-order valence-electron chi connectivity index (χ1n) is 6.91. The van der Waals surface area contributed by atoms with E-state index in [2.05, 4.69) is 45.0 Å². The van der Waals surface area contributed by atoms with E-state index in [1.165, 1.54) is 16.7 Å². The van der Waals surface area contributed by atoms with Crippen LogP contribution in [0.3, 0.4) is 0 Å². The summed E-state index contributed by atoms with van der Waals surface area (Å²) >= 11 is 0. The normalized spacial score (nSPS) is 7.12. The van der Waals surface area contributed by atoms with Crippen LogP contribution >= 0.6 is 0 Å². The van der Waals surface area contributed by atoms with Crippen molar-refractivity contribution in [2.75, 3.05) is 0 Å². The molecular formula is C17H32. The first kappa shape index (κ1) is 21.3. The first-order chi connectivity index (χ1) is 8.22. The van der Waals surface area contributed by atoms with Gasteiger partial charge in [-0.05, 0) is 31.9 Å². The molecule has 0 aliphatic heterocycles. The van der Waals surface area contributed by atoms with Crippen molar-refractivity contribution in [2.45, 2.75) is 62.3 Å². The second-order valence-electron chi connectivity index (χ2n) is 2.99. The van der Waals surface area contributed by atoms with Crippen LogP contribution in [0.15, 0.2) is 35.9 Å². The van der Waals surface area contributed by atoms with E-state index in [1.807, 2.05) is 47.6 Å². The highest BCUT2D eigenvalue weighted by atomic mass is 14.0. The van der Waals surface area contributed by atoms with Gasteiger partial charge in [0.15, 0.2) is 0 Å². The molecule has 0 radical (unpaired) electrons. The van der Waals surface area contributed by atoms with Gasteiger partial charge in [0, 0.05) is 0 Å². The van der Waals surface area contributed by atoms with E-state index in [4.69, 9.17) is 0 Å². The topological polar surface area (TPSA) is 0 Å². The lowest BCUT2D eigenvalue weighted by Gasteiger charge is -2.02. The Labute approximate surface area is 110 Å². The minimum Gasteiger partial charge on any atom is -0.0729 e. The van der Waals surface area contributed by atoms with E-state index in [0.717, 1.165) is 0 Å². The third-order valence-electron chi connectivity index (χ3n) is 1.96. The molecule has 0 amide bonds. The SMILES string of the molecule is CC.CC.CC.CC(C)=C(C)c1ccccc1. The molecule has 0 nitrogen and oxygen atoms in total. The minimum absolute atomic E-state index is 1.33. The van der Waals surface area contributed by atoms with Crippen LogP contribution in [0.1, 0.15) is 67.9 Å². The maximum atomic E-state index is 2.16. The number of rotatable bonds is 1. The summed E-state index contributed by atoms with van der Waals surface area (Å²) in [6.07, 6.45) is 0. The van der Waals surface area contributed by atoms with Gasteiger partial charge in [0.1, 0.15) is 0 Å². The van der Waals surface area contributed by atoms with Gasteiger partial charge in [0.05, 0.1) is 0 Å². The van der Waals surface area contributed by atoms with Crippen molar-refractivity contribution in [3.05, 3.63) is 41.5 Å². The maximum absolute atomic E-state index is 2.16. The summed E-state index contributed by atoms with van der Waals surface area (Å²) in [6, 6.07) is 10.5. The number of allylic oxidation sites excluding steroid dienone is 2. The fourth-order valence-corrected chi connectivity index (χ4v) is 0.977. The fourth-order valence-electron chi connectivity index (χ4n) is 0.977. The summed E-state index contributed by atoms with van der Waals surface area (Å²) in [4.78, 5) is 0. The van der Waals surface area contributed by atoms with Crippen molar-refractivity contribution < 1.29 is 0 Å². The molecule has 1 rings (SSSR count). The van der Waals surface area contributed by atoms with Crippen molar-refractivity contribution in [1.29, 1.82) is 0 Å². The average Bonchev–Trinajstić information content (AvgIpc) is 2.45. The van der Waals surface area contributed by atoms with Crippen molar-refractivity contribution in [3.8, 4) is 0 Å². The predicted octanol–water partition coefficient (Wildman–Crippen LogP) is 6.58. The van der Waals surface area contributed by atoms with Gasteiger partial charge in [0.25, 0.3) is 0 Å². The molecule has 0 aliphatic rings. The Morgan fingerprint density at radius 1 is 0.647 bits per heavy atom. The zero-order chi connectivity index (χ0) is 14.3. The zero-order valence-electron chi connectivity index (χ0n) is 13.4. The zero-order valence-corrected chi connectivity index (χ0v) is 13.4. The van der Waals surface area contributed by atoms with Crippen molar-refractivity contribution >= 4 is 5.57 Å². The molecule has 0 N–H and O–H groups in total. The maximum Gasteiger partial charge on any atom is -0.0228 e. The molecule has 1 aromatic rings. The molecular weight excluding hydrogens is 204 g/mol. The molecule has 17 heavy (non-hydrogen) atoms. The second kappa shape index (κ2) is 17.4. The van der Waals surface area contributed by atoms with Crippen LogP contribution in [0.4, 0.5) is 0 Å². The number of benzene rings is 1. The van der Waals surface area contributed by atoms with E-state index in [1.54, 1.807) is 0 Å². The van der Waals surface area contributed by atoms with Gasteiger partial charge in [-0.1, -0.05) is 77.4 Å². The lowest BCUT2D eigenvalue weighted by Crippen LogP contribution is -1.79. The Morgan fingerprint density at radius 2 is 1.00 bits per heavy atom. The molecule has 0 aliphatic carbocycles. The summed E-state index contributed by atoms with van der Waals surface area (Å²) in [7, 11) is 0. The summed E-state index contributed by atoms with van der Waals surface area (Å²) in [5, 5.41) is 0. The van der Waals surface area contributed by atoms with Crippen molar-refractivity contribution in [2.24, 2.45) is 0 Å². The molecule has 0 saturated carbocycles. The summed E-state index contributed by atoms with van der Waals surface area (Å²) in [6.45, 7) is 18.4. The Hall–Kier alpha value is -1.04. The third-order valence-corrected chi connectivity index (χ3v) is 1.96. The molecule has 0 heterocycles. The second-order valence-corrected chi connectivity index (χ2v) is 2.99. The average molecular weight is 236 g/mol. The molecule has 0 atom stereocenters. The third kappa shape index (κ3) is 11.2. The Bertz CT molecular complexity index is 251. The summed E-state index contributed by atoms with van der Waals surface area (Å²) < 4.78 is 0. The van der Waals surface area contributed by atoms with Crippen molar-refractivity contribution in [3.63, 3.8) is 0 Å². The molecule has 0 bridgehead atoms. The van der Waals surface area contributed by atoms with E-state index in [0.29, 0.717) is 0 Å². The lowest BCUT2D eigenvalue weighted by molar-refractivity contribution is 1.36. The Kier molecular flexibility index (Phi) is 21.7. The highest BCUT2D eigenvalue weighted by Crippen LogP contribution is 2.16. The highest BCUT2D eigenvalue weighted by Gasteiger charge is 1.93. The van der Waals surface area contributed by atoms with Gasteiger partial charge >= 0.3 is 0 Å². The number of hydrogen-bond donors (Lipinski definition) is 0. The molecule has 0 heteroatoms. The quantitative estimate of drug-likeness (QED) is 0.516. The van der Waals surface area contributed by atoms with Crippen LogP contribution in [0.5, 0.6) is 0 Å². The smallest absolute Gasteiger partial charge is 0.0228 e. The standard InChI is InChI=1S/C11H14.3C2H6/c1-9(2)10(3)11-7-5-4-6-8-11;3*1-2/h4-8H,1-3H3;3*1-2H3. The van der Waals surface area contributed by atoms with Gasteiger partial charge in [-0.2, -0.15) is 0 Å². The van der Waals surface area contributed by atoms with Crippen LogP contribution in [0, 0.1) is 0 Å². The van der Waals surface area contributed by atoms with E-state index in [-0.39, 0.29) is 0 Å². The Morgan fingerprint density at radius 3 is 1.29 bits per heavy atom. The Balaban J connectivity index is -0.000000285. The largest absolute Gasteiger partial charge is 0.0729 e. The number of hydrogen-bond acceptors (Lipinski definition) is 0. The van der Waals surface area contributed by atoms with E-state index in [9.17, 15) is 0 Å². The van der Waals surface area contributed by atoms with Crippen LogP contribution in [0.25, 0.3) is 5.57 Å². The van der Waals surface area contributed by atoms with Crippen LogP contribution < -0.4 is 0 Å². The summed E-state index contributed by atoms with van der Waals surface area (Å²) in [5.41, 5.74) is 4.09. The fraction of sp³-hybridized carbons (Fsp3) is 0.529. The molecule has 0 aromatic heterocycles. The van der Waals surface area contributed by atoms with Gasteiger partial charge in [-0.25, -0.2) is 0 Å². The van der Waals surface area contributed by atoms with Crippen LogP contribution in [0.2, 0.25) is 0 Å². The molecule has 0 spiro atoms. The summed E-state index contributed by atoms with van der Waals surface area (Å²) in [5.74, 6) is 0. The molecule has 100 valence electrons. The van der Waals surface area contributed by atoms with Gasteiger partial charge in [-0.15, -0.1) is 0 Å². The molecule has 0 saturated heterocycles. The van der Waals surface area contributed by atoms with Crippen molar-refractivity contribution in [1.82, 2.24) is 0 Å². The molecule has 1 aromatic carbocycles.